The summed E-state index contributed by atoms with van der Waals surface area (Å²) in [5.41, 5.74) is 3.63. The molecule has 0 aliphatic carbocycles. The summed E-state index contributed by atoms with van der Waals surface area (Å²) in [6, 6.07) is 18.0. The zero-order valence-corrected chi connectivity index (χ0v) is 10.8. The Morgan fingerprint density at radius 1 is 1.00 bits per heavy atom. The van der Waals surface area contributed by atoms with Gasteiger partial charge in [0.05, 0.1) is 0 Å². The molecule has 0 radical (unpaired) electrons. The van der Waals surface area contributed by atoms with Crippen LogP contribution >= 0.6 is 0 Å². The lowest BCUT2D eigenvalue weighted by Crippen LogP contribution is -1.98. The third-order valence-electron chi connectivity index (χ3n) is 3.01. The summed E-state index contributed by atoms with van der Waals surface area (Å²) in [6.45, 7) is 1.85. The third-order valence-corrected chi connectivity index (χ3v) is 3.01. The zero-order chi connectivity index (χ0) is 13.7. The predicted molar refractivity (Wildman–Crippen MR) is 77.8 cm³/mol. The molecule has 2 nitrogen and oxygen atoms in total. The fraction of sp³-hybridized carbons (Fsp3) is 0.118. The number of benzene rings is 2. The number of hydrogen-bond donors (Lipinski definition) is 1. The van der Waals surface area contributed by atoms with Crippen molar-refractivity contribution >= 4 is 12.0 Å². The van der Waals surface area contributed by atoms with Crippen LogP contribution in [-0.2, 0) is 4.79 Å². The molecule has 0 fully saturated rings. The van der Waals surface area contributed by atoms with Gasteiger partial charge >= 0.3 is 5.97 Å². The summed E-state index contributed by atoms with van der Waals surface area (Å²) < 4.78 is 0. The molecule has 0 atom stereocenters. The maximum atomic E-state index is 11.0. The molecule has 0 saturated carbocycles. The predicted octanol–water partition coefficient (Wildman–Crippen LogP) is 4.23. The topological polar surface area (TPSA) is 37.3 Å². The van der Waals surface area contributed by atoms with E-state index in [1.165, 1.54) is 0 Å². The SMILES string of the molecule is CCC(=Cc1ccc(-c2ccccc2)cc1)C(=O)O. The molecule has 0 heterocycles. The highest BCUT2D eigenvalue weighted by atomic mass is 16.4. The highest BCUT2D eigenvalue weighted by Crippen LogP contribution is 2.20. The Hall–Kier alpha value is -2.35. The first-order valence-electron chi connectivity index (χ1n) is 6.30. The van der Waals surface area contributed by atoms with Gasteiger partial charge in [-0.25, -0.2) is 4.79 Å². The highest BCUT2D eigenvalue weighted by Gasteiger charge is 2.04. The monoisotopic (exact) mass is 252 g/mol. The van der Waals surface area contributed by atoms with Crippen molar-refractivity contribution in [3.05, 3.63) is 65.7 Å². The van der Waals surface area contributed by atoms with Crippen LogP contribution in [0.4, 0.5) is 0 Å². The van der Waals surface area contributed by atoms with E-state index in [4.69, 9.17) is 5.11 Å². The van der Waals surface area contributed by atoms with Crippen molar-refractivity contribution in [2.24, 2.45) is 0 Å². The van der Waals surface area contributed by atoms with Gasteiger partial charge in [-0.2, -0.15) is 0 Å². The van der Waals surface area contributed by atoms with Crippen molar-refractivity contribution in [2.45, 2.75) is 13.3 Å². The van der Waals surface area contributed by atoms with Gasteiger partial charge in [-0.05, 0) is 29.2 Å². The third kappa shape index (κ3) is 3.32. The largest absolute Gasteiger partial charge is 0.478 e. The molecule has 2 rings (SSSR count). The molecule has 96 valence electrons. The summed E-state index contributed by atoms with van der Waals surface area (Å²) in [5.74, 6) is -0.852. The van der Waals surface area contributed by atoms with Crippen LogP contribution in [0.25, 0.3) is 17.2 Å². The van der Waals surface area contributed by atoms with E-state index < -0.39 is 5.97 Å². The minimum atomic E-state index is -0.852. The van der Waals surface area contributed by atoms with Crippen molar-refractivity contribution < 1.29 is 9.90 Å². The first-order chi connectivity index (χ1) is 9.20. The smallest absolute Gasteiger partial charge is 0.331 e. The maximum Gasteiger partial charge on any atom is 0.331 e. The Kier molecular flexibility index (Phi) is 4.14. The molecule has 19 heavy (non-hydrogen) atoms. The summed E-state index contributed by atoms with van der Waals surface area (Å²) in [4.78, 5) is 11.0. The van der Waals surface area contributed by atoms with Crippen LogP contribution in [0.15, 0.2) is 60.2 Å². The van der Waals surface area contributed by atoms with Crippen LogP contribution in [0.3, 0.4) is 0 Å². The molecule has 0 unspecified atom stereocenters. The van der Waals surface area contributed by atoms with E-state index in [1.54, 1.807) is 6.08 Å². The average Bonchev–Trinajstić information content (AvgIpc) is 2.46. The van der Waals surface area contributed by atoms with Crippen molar-refractivity contribution in [1.29, 1.82) is 0 Å². The highest BCUT2D eigenvalue weighted by molar-refractivity contribution is 5.92. The molecule has 0 aliphatic heterocycles. The first-order valence-corrected chi connectivity index (χ1v) is 6.30. The minimum Gasteiger partial charge on any atom is -0.478 e. The molecule has 0 amide bonds. The zero-order valence-electron chi connectivity index (χ0n) is 10.8. The number of rotatable bonds is 4. The second-order valence-electron chi connectivity index (χ2n) is 4.32. The van der Waals surface area contributed by atoms with E-state index in [0.29, 0.717) is 12.0 Å². The molecule has 2 heteroatoms. The van der Waals surface area contributed by atoms with E-state index in [0.717, 1.165) is 16.7 Å². The van der Waals surface area contributed by atoms with Gasteiger partial charge in [0.25, 0.3) is 0 Å². The van der Waals surface area contributed by atoms with Crippen molar-refractivity contribution in [1.82, 2.24) is 0 Å². The fourth-order valence-electron chi connectivity index (χ4n) is 1.92. The number of carboxylic acid groups (broad SMARTS) is 1. The van der Waals surface area contributed by atoms with E-state index >= 15 is 0 Å². The van der Waals surface area contributed by atoms with Gasteiger partial charge in [-0.15, -0.1) is 0 Å². The van der Waals surface area contributed by atoms with Gasteiger partial charge < -0.3 is 5.11 Å². The number of hydrogen-bond acceptors (Lipinski definition) is 1. The van der Waals surface area contributed by atoms with Gasteiger partial charge in [0.1, 0.15) is 0 Å². The average molecular weight is 252 g/mol. The minimum absolute atomic E-state index is 0.424. The van der Waals surface area contributed by atoms with Gasteiger partial charge in [0.15, 0.2) is 0 Å². The fourth-order valence-corrected chi connectivity index (χ4v) is 1.92. The summed E-state index contributed by atoms with van der Waals surface area (Å²) >= 11 is 0. The van der Waals surface area contributed by atoms with Crippen LogP contribution in [-0.4, -0.2) is 11.1 Å². The Morgan fingerprint density at radius 2 is 1.58 bits per heavy atom. The molecule has 2 aromatic carbocycles. The number of aliphatic carboxylic acids is 1. The second-order valence-corrected chi connectivity index (χ2v) is 4.32. The molecule has 0 saturated heterocycles. The Labute approximate surface area is 113 Å². The summed E-state index contributed by atoms with van der Waals surface area (Å²) in [7, 11) is 0. The standard InChI is InChI=1S/C17H16O2/c1-2-14(17(18)19)12-13-8-10-16(11-9-13)15-6-4-3-5-7-15/h3-12H,2H2,1H3,(H,18,19). The van der Waals surface area contributed by atoms with Crippen LogP contribution in [0.1, 0.15) is 18.9 Å². The quantitative estimate of drug-likeness (QED) is 0.827. The van der Waals surface area contributed by atoms with E-state index in [2.05, 4.69) is 12.1 Å². The van der Waals surface area contributed by atoms with Gasteiger partial charge in [-0.3, -0.25) is 0 Å². The Bertz CT molecular complexity index is 580. The van der Waals surface area contributed by atoms with Gasteiger partial charge in [-0.1, -0.05) is 61.5 Å². The van der Waals surface area contributed by atoms with Crippen molar-refractivity contribution in [3.63, 3.8) is 0 Å². The normalized spacial score (nSPS) is 11.3. The summed E-state index contributed by atoms with van der Waals surface area (Å²) in [6.07, 6.45) is 2.24. The lowest BCUT2D eigenvalue weighted by molar-refractivity contribution is -0.132. The molecule has 0 bridgehead atoms. The first kappa shape index (κ1) is 13.1. The van der Waals surface area contributed by atoms with E-state index in [9.17, 15) is 4.79 Å². The van der Waals surface area contributed by atoms with Gasteiger partial charge in [0.2, 0.25) is 0 Å². The van der Waals surface area contributed by atoms with E-state index in [1.807, 2.05) is 49.4 Å². The maximum absolute atomic E-state index is 11.0. The Balaban J connectivity index is 2.27. The van der Waals surface area contributed by atoms with Crippen LogP contribution in [0.5, 0.6) is 0 Å². The van der Waals surface area contributed by atoms with Crippen LogP contribution in [0.2, 0.25) is 0 Å². The number of carboxylic acids is 1. The van der Waals surface area contributed by atoms with Crippen molar-refractivity contribution in [2.75, 3.05) is 0 Å². The molecule has 0 spiro atoms. The second kappa shape index (κ2) is 6.01. The summed E-state index contributed by atoms with van der Waals surface area (Å²) in [5, 5.41) is 9.00. The lowest BCUT2D eigenvalue weighted by Gasteiger charge is -2.03. The van der Waals surface area contributed by atoms with E-state index in [-0.39, 0.29) is 0 Å². The van der Waals surface area contributed by atoms with Gasteiger partial charge in [0, 0.05) is 5.57 Å². The Morgan fingerprint density at radius 3 is 2.11 bits per heavy atom. The van der Waals surface area contributed by atoms with Crippen LogP contribution < -0.4 is 0 Å². The van der Waals surface area contributed by atoms with Crippen molar-refractivity contribution in [3.8, 4) is 11.1 Å². The van der Waals surface area contributed by atoms with Crippen LogP contribution in [0, 0.1) is 0 Å². The number of carbonyl (C=O) groups is 1. The molecule has 0 aromatic heterocycles. The lowest BCUT2D eigenvalue weighted by atomic mass is 10.0. The molecular formula is C17H16O2. The molecule has 2 aromatic rings. The molecule has 0 aliphatic rings. The molecular weight excluding hydrogens is 236 g/mol. The molecule has 1 N–H and O–H groups in total.